The first-order valence-corrected chi connectivity index (χ1v) is 7.85. The number of Topliss-reactive ketones (excluding diaryl/α,β-unsaturated/α-hetero) is 1. The maximum Gasteiger partial charge on any atom is 0.238 e. The van der Waals surface area contributed by atoms with Crippen molar-refractivity contribution in [3.8, 4) is 0 Å². The molecule has 2 heterocycles. The molecule has 0 fully saturated rings. The van der Waals surface area contributed by atoms with Crippen LogP contribution in [0.1, 0.15) is 35.9 Å². The Morgan fingerprint density at radius 2 is 1.96 bits per heavy atom. The van der Waals surface area contributed by atoms with Crippen LogP contribution >= 0.6 is 0 Å². The topological polar surface area (TPSA) is 54.3 Å². The highest BCUT2D eigenvalue weighted by atomic mass is 16.2. The highest BCUT2D eigenvalue weighted by Crippen LogP contribution is 2.25. The normalized spacial score (nSPS) is 17.6. The van der Waals surface area contributed by atoms with E-state index in [1.165, 1.54) is 12.6 Å². The van der Waals surface area contributed by atoms with Crippen molar-refractivity contribution in [2.45, 2.75) is 26.4 Å². The molecule has 120 valence electrons. The van der Waals surface area contributed by atoms with Crippen LogP contribution in [-0.2, 0) is 11.3 Å². The molecule has 0 saturated heterocycles. The molecule has 5 nitrogen and oxygen atoms in total. The lowest BCUT2D eigenvalue weighted by molar-refractivity contribution is -0.118. The number of hydrogen-bond acceptors (Lipinski definition) is 3. The lowest BCUT2D eigenvalue weighted by atomic mass is 10.1. The predicted molar refractivity (Wildman–Crippen MR) is 89.5 cm³/mol. The van der Waals surface area contributed by atoms with E-state index in [1.807, 2.05) is 12.1 Å². The highest BCUT2D eigenvalue weighted by molar-refractivity contribution is 6.04. The van der Waals surface area contributed by atoms with E-state index in [4.69, 9.17) is 0 Å². The molecule has 0 bridgehead atoms. The smallest absolute Gasteiger partial charge is 0.238 e. The van der Waals surface area contributed by atoms with Crippen molar-refractivity contribution in [2.24, 2.45) is 0 Å². The molecule has 1 N–H and O–H groups in total. The highest BCUT2D eigenvalue weighted by Gasteiger charge is 2.25. The first-order valence-electron chi connectivity index (χ1n) is 7.85. The Balaban J connectivity index is 1.68. The maximum atomic E-state index is 12.4. The van der Waals surface area contributed by atoms with Crippen LogP contribution in [0.25, 0.3) is 0 Å². The molecular weight excluding hydrogens is 290 g/mol. The second-order valence-corrected chi connectivity index (χ2v) is 5.92. The Kier molecular flexibility index (Phi) is 4.30. The fourth-order valence-corrected chi connectivity index (χ4v) is 3.12. The number of nitrogens with one attached hydrogen (secondary N) is 1. The molecule has 1 aliphatic heterocycles. The lowest BCUT2D eigenvalue weighted by Gasteiger charge is -2.34. The number of fused-ring (bicyclic) bond motifs is 1. The van der Waals surface area contributed by atoms with Gasteiger partial charge in [0.15, 0.2) is 5.78 Å². The van der Waals surface area contributed by atoms with E-state index in [0.717, 1.165) is 13.1 Å². The van der Waals surface area contributed by atoms with Gasteiger partial charge in [-0.05, 0) is 38.1 Å². The number of rotatable bonds is 4. The average Bonchev–Trinajstić information content (AvgIpc) is 3.00. The minimum atomic E-state index is -0.0921. The third kappa shape index (κ3) is 3.19. The molecular formula is C18H21N3O2. The Morgan fingerprint density at radius 1 is 1.17 bits per heavy atom. The summed E-state index contributed by atoms with van der Waals surface area (Å²) in [5.74, 6) is -0.143. The zero-order valence-electron chi connectivity index (χ0n) is 13.5. The van der Waals surface area contributed by atoms with Gasteiger partial charge in [-0.1, -0.05) is 12.1 Å². The third-order valence-corrected chi connectivity index (χ3v) is 4.40. The molecule has 0 radical (unpaired) electrons. The number of nitrogens with zero attached hydrogens (tertiary/aromatic N) is 2. The molecule has 0 saturated carbocycles. The summed E-state index contributed by atoms with van der Waals surface area (Å²) in [5, 5.41) is 2.87. The van der Waals surface area contributed by atoms with E-state index < -0.39 is 0 Å². The lowest BCUT2D eigenvalue weighted by Crippen LogP contribution is -2.41. The Bertz CT molecular complexity index is 735. The minimum Gasteiger partial charge on any atom is -0.349 e. The number of ketones is 1. The van der Waals surface area contributed by atoms with Gasteiger partial charge in [-0.2, -0.15) is 0 Å². The number of carbonyl (C=O) groups excluding carboxylic acids is 2. The van der Waals surface area contributed by atoms with Gasteiger partial charge in [0.1, 0.15) is 0 Å². The molecule has 23 heavy (non-hydrogen) atoms. The first kappa shape index (κ1) is 15.5. The van der Waals surface area contributed by atoms with Gasteiger partial charge < -0.3 is 9.88 Å². The van der Waals surface area contributed by atoms with Gasteiger partial charge in [0, 0.05) is 36.6 Å². The molecule has 0 aliphatic carbocycles. The number of benzene rings is 1. The van der Waals surface area contributed by atoms with Gasteiger partial charge in [-0.25, -0.2) is 0 Å². The molecule has 0 spiro atoms. The summed E-state index contributed by atoms with van der Waals surface area (Å²) in [6.45, 7) is 5.67. The zero-order valence-corrected chi connectivity index (χ0v) is 13.5. The largest absolute Gasteiger partial charge is 0.349 e. The summed E-state index contributed by atoms with van der Waals surface area (Å²) in [4.78, 5) is 26.2. The van der Waals surface area contributed by atoms with Crippen LogP contribution in [0.3, 0.4) is 0 Å². The van der Waals surface area contributed by atoms with Crippen molar-refractivity contribution in [1.29, 1.82) is 0 Å². The van der Waals surface area contributed by atoms with Crippen LogP contribution in [0.5, 0.6) is 0 Å². The van der Waals surface area contributed by atoms with E-state index in [1.54, 1.807) is 18.2 Å². The monoisotopic (exact) mass is 311 g/mol. The fourth-order valence-electron chi connectivity index (χ4n) is 3.12. The van der Waals surface area contributed by atoms with Crippen molar-refractivity contribution in [3.05, 3.63) is 53.9 Å². The Hall–Kier alpha value is -2.40. The third-order valence-electron chi connectivity index (χ3n) is 4.40. The number of carbonyl (C=O) groups is 2. The standard InChI is InChI=1S/C18H21N3O2/c1-13-17-8-5-9-20(17)10-11-21(13)12-18(23)19-16-7-4-3-6-15(16)14(2)22/h3-9,13H,10-12H2,1-2H3,(H,19,23). The van der Waals surface area contributed by atoms with Crippen LogP contribution in [0, 0.1) is 0 Å². The van der Waals surface area contributed by atoms with Crippen molar-refractivity contribution in [3.63, 3.8) is 0 Å². The van der Waals surface area contributed by atoms with Crippen molar-refractivity contribution in [2.75, 3.05) is 18.4 Å². The van der Waals surface area contributed by atoms with Crippen LogP contribution < -0.4 is 5.32 Å². The van der Waals surface area contributed by atoms with Gasteiger partial charge in [0.25, 0.3) is 0 Å². The van der Waals surface area contributed by atoms with E-state index in [9.17, 15) is 9.59 Å². The number of amides is 1. The van der Waals surface area contributed by atoms with Gasteiger partial charge in [-0.15, -0.1) is 0 Å². The Labute approximate surface area is 135 Å². The summed E-state index contributed by atoms with van der Waals surface area (Å²) < 4.78 is 2.23. The zero-order chi connectivity index (χ0) is 16.4. The van der Waals surface area contributed by atoms with E-state index in [2.05, 4.69) is 34.0 Å². The molecule has 3 rings (SSSR count). The van der Waals surface area contributed by atoms with Crippen molar-refractivity contribution < 1.29 is 9.59 Å². The summed E-state index contributed by atoms with van der Waals surface area (Å²) in [7, 11) is 0. The summed E-state index contributed by atoms with van der Waals surface area (Å²) >= 11 is 0. The molecule has 1 aromatic heterocycles. The van der Waals surface area contributed by atoms with E-state index in [0.29, 0.717) is 17.8 Å². The second-order valence-electron chi connectivity index (χ2n) is 5.92. The minimum absolute atomic E-state index is 0.0509. The van der Waals surface area contributed by atoms with Gasteiger partial charge in [-0.3, -0.25) is 14.5 Å². The number of aromatic nitrogens is 1. The Morgan fingerprint density at radius 3 is 2.74 bits per heavy atom. The van der Waals surface area contributed by atoms with Crippen molar-refractivity contribution in [1.82, 2.24) is 9.47 Å². The van der Waals surface area contributed by atoms with Crippen molar-refractivity contribution >= 4 is 17.4 Å². The maximum absolute atomic E-state index is 12.4. The quantitative estimate of drug-likeness (QED) is 0.883. The van der Waals surface area contributed by atoms with Gasteiger partial charge in [0.05, 0.1) is 12.2 Å². The fraction of sp³-hybridized carbons (Fsp3) is 0.333. The molecule has 1 aromatic carbocycles. The van der Waals surface area contributed by atoms with Gasteiger partial charge >= 0.3 is 0 Å². The number of para-hydroxylation sites is 1. The van der Waals surface area contributed by atoms with Crippen LogP contribution in [0.4, 0.5) is 5.69 Å². The average molecular weight is 311 g/mol. The molecule has 2 aromatic rings. The van der Waals surface area contributed by atoms with Crippen LogP contribution in [-0.4, -0.2) is 34.2 Å². The predicted octanol–water partition coefficient (Wildman–Crippen LogP) is 2.71. The first-order chi connectivity index (χ1) is 11.1. The molecule has 1 unspecified atom stereocenters. The van der Waals surface area contributed by atoms with E-state index in [-0.39, 0.29) is 17.7 Å². The second kappa shape index (κ2) is 6.38. The molecule has 5 heteroatoms. The van der Waals surface area contributed by atoms with Crippen LogP contribution in [0.2, 0.25) is 0 Å². The molecule has 1 aliphatic rings. The molecule has 1 amide bonds. The summed E-state index contributed by atoms with van der Waals surface area (Å²) in [6.07, 6.45) is 2.08. The van der Waals surface area contributed by atoms with Gasteiger partial charge in [0.2, 0.25) is 5.91 Å². The summed E-state index contributed by atoms with van der Waals surface area (Å²) in [5.41, 5.74) is 2.35. The van der Waals surface area contributed by atoms with Crippen LogP contribution in [0.15, 0.2) is 42.6 Å². The SMILES string of the molecule is CC(=O)c1ccccc1NC(=O)CN1CCn2cccc2C1C. The van der Waals surface area contributed by atoms with E-state index >= 15 is 0 Å². The summed E-state index contributed by atoms with van der Waals surface area (Å²) in [6, 6.07) is 11.4. The number of hydrogen-bond donors (Lipinski definition) is 1. The number of anilines is 1. The molecule has 1 atom stereocenters.